The first-order valence-electron chi connectivity index (χ1n) is 5.32. The lowest BCUT2D eigenvalue weighted by atomic mass is 9.84. The molecule has 0 aliphatic heterocycles. The summed E-state index contributed by atoms with van der Waals surface area (Å²) in [5, 5.41) is 11.7. The van der Waals surface area contributed by atoms with Crippen molar-refractivity contribution in [3.8, 4) is 0 Å². The largest absolute Gasteiger partial charge is 0.392 e. The lowest BCUT2D eigenvalue weighted by Crippen LogP contribution is -2.45. The number of carbonyl (C=O) groups is 1. The van der Waals surface area contributed by atoms with E-state index in [2.05, 4.69) is 5.32 Å². The van der Waals surface area contributed by atoms with E-state index >= 15 is 0 Å². The normalized spacial score (nSPS) is 29.6. The average molecular weight is 200 g/mol. The Balaban J connectivity index is 2.34. The quantitative estimate of drug-likeness (QED) is 0.600. The van der Waals surface area contributed by atoms with Crippen molar-refractivity contribution in [2.45, 2.75) is 44.8 Å². The number of carbonyl (C=O) groups excluding carboxylic acids is 1. The fourth-order valence-electron chi connectivity index (χ4n) is 1.86. The van der Waals surface area contributed by atoms with Crippen molar-refractivity contribution >= 4 is 5.91 Å². The molecule has 1 fully saturated rings. The molecule has 4 nitrogen and oxygen atoms in total. The van der Waals surface area contributed by atoms with Crippen molar-refractivity contribution in [1.82, 2.24) is 5.32 Å². The maximum Gasteiger partial charge on any atom is 0.224 e. The summed E-state index contributed by atoms with van der Waals surface area (Å²) >= 11 is 0. The molecular formula is C10H20N2O2. The molecular weight excluding hydrogens is 180 g/mol. The van der Waals surface area contributed by atoms with Crippen molar-refractivity contribution in [2.75, 3.05) is 6.54 Å². The first-order chi connectivity index (χ1) is 6.61. The monoisotopic (exact) mass is 200 g/mol. The van der Waals surface area contributed by atoms with E-state index in [-0.39, 0.29) is 17.9 Å². The molecule has 0 aromatic rings. The topological polar surface area (TPSA) is 75.3 Å². The van der Waals surface area contributed by atoms with Gasteiger partial charge in [-0.25, -0.2) is 0 Å². The molecule has 1 aliphatic carbocycles. The highest BCUT2D eigenvalue weighted by molar-refractivity contribution is 5.79. The Hall–Kier alpha value is -0.610. The standard InChI is InChI=1S/C10H20N2O2/c1-7(13)6-12-10(14)8-4-2-3-5-9(8)11/h7-9,13H,2-6,11H2,1H3,(H,12,14)/t7-,8?,9?/m1/s1. The molecule has 1 saturated carbocycles. The molecule has 1 amide bonds. The van der Waals surface area contributed by atoms with Gasteiger partial charge in [-0.1, -0.05) is 12.8 Å². The fraction of sp³-hybridized carbons (Fsp3) is 0.900. The molecule has 0 aromatic heterocycles. The second-order valence-corrected chi connectivity index (χ2v) is 4.15. The second kappa shape index (κ2) is 5.32. The molecule has 3 atom stereocenters. The Bertz CT molecular complexity index is 195. The molecule has 0 bridgehead atoms. The Morgan fingerprint density at radius 2 is 2.21 bits per heavy atom. The van der Waals surface area contributed by atoms with E-state index in [9.17, 15) is 4.79 Å². The zero-order valence-corrected chi connectivity index (χ0v) is 8.70. The number of aliphatic hydroxyl groups is 1. The maximum atomic E-state index is 11.6. The van der Waals surface area contributed by atoms with Crippen LogP contribution in [0.5, 0.6) is 0 Å². The molecule has 2 unspecified atom stereocenters. The zero-order chi connectivity index (χ0) is 10.6. The summed E-state index contributed by atoms with van der Waals surface area (Å²) in [6, 6.07) is -0.00208. The van der Waals surface area contributed by atoms with Crippen molar-refractivity contribution in [3.63, 3.8) is 0 Å². The summed E-state index contributed by atoms with van der Waals surface area (Å²) < 4.78 is 0. The van der Waals surface area contributed by atoms with Gasteiger partial charge in [-0.15, -0.1) is 0 Å². The van der Waals surface area contributed by atoms with Crippen LogP contribution in [0, 0.1) is 5.92 Å². The van der Waals surface area contributed by atoms with Crippen LogP contribution in [-0.4, -0.2) is 29.7 Å². The smallest absolute Gasteiger partial charge is 0.224 e. The molecule has 0 aromatic carbocycles. The predicted octanol–water partition coefficient (Wildman–Crippen LogP) is 0.000900. The van der Waals surface area contributed by atoms with E-state index in [1.807, 2.05) is 0 Å². The van der Waals surface area contributed by atoms with Crippen LogP contribution in [-0.2, 0) is 4.79 Å². The van der Waals surface area contributed by atoms with Crippen LogP contribution in [0.2, 0.25) is 0 Å². The minimum absolute atomic E-state index is 0.00176. The molecule has 14 heavy (non-hydrogen) atoms. The van der Waals surface area contributed by atoms with Crippen LogP contribution < -0.4 is 11.1 Å². The van der Waals surface area contributed by atoms with Crippen LogP contribution >= 0.6 is 0 Å². The van der Waals surface area contributed by atoms with Gasteiger partial charge >= 0.3 is 0 Å². The van der Waals surface area contributed by atoms with Crippen LogP contribution in [0.15, 0.2) is 0 Å². The third-order valence-corrected chi connectivity index (χ3v) is 2.73. The van der Waals surface area contributed by atoms with Gasteiger partial charge in [0.25, 0.3) is 0 Å². The third-order valence-electron chi connectivity index (χ3n) is 2.73. The Morgan fingerprint density at radius 3 is 2.79 bits per heavy atom. The number of hydrogen-bond acceptors (Lipinski definition) is 3. The first kappa shape index (κ1) is 11.5. The van der Waals surface area contributed by atoms with Crippen molar-refractivity contribution in [1.29, 1.82) is 0 Å². The van der Waals surface area contributed by atoms with Gasteiger partial charge in [-0.05, 0) is 19.8 Å². The molecule has 0 spiro atoms. The van der Waals surface area contributed by atoms with Gasteiger partial charge in [0.05, 0.1) is 12.0 Å². The highest BCUT2D eigenvalue weighted by Gasteiger charge is 2.27. The number of amides is 1. The summed E-state index contributed by atoms with van der Waals surface area (Å²) in [5.74, 6) is -0.0550. The Kier molecular flexibility index (Phi) is 4.35. The van der Waals surface area contributed by atoms with Crippen LogP contribution in [0.25, 0.3) is 0 Å². The molecule has 82 valence electrons. The average Bonchev–Trinajstić information content (AvgIpc) is 2.15. The summed E-state index contributed by atoms with van der Waals surface area (Å²) in [4.78, 5) is 11.6. The Labute approximate surface area is 84.9 Å². The lowest BCUT2D eigenvalue weighted by molar-refractivity contribution is -0.126. The van der Waals surface area contributed by atoms with Crippen molar-refractivity contribution in [2.24, 2.45) is 11.7 Å². The van der Waals surface area contributed by atoms with Crippen molar-refractivity contribution in [3.05, 3.63) is 0 Å². The molecule has 4 heteroatoms. The first-order valence-corrected chi connectivity index (χ1v) is 5.32. The van der Waals surface area contributed by atoms with E-state index in [4.69, 9.17) is 10.8 Å². The van der Waals surface area contributed by atoms with E-state index < -0.39 is 6.10 Å². The lowest BCUT2D eigenvalue weighted by Gasteiger charge is -2.27. The zero-order valence-electron chi connectivity index (χ0n) is 8.70. The van der Waals surface area contributed by atoms with E-state index in [0.29, 0.717) is 6.54 Å². The van der Waals surface area contributed by atoms with Gasteiger partial charge in [0.2, 0.25) is 5.91 Å². The maximum absolute atomic E-state index is 11.6. The van der Waals surface area contributed by atoms with Crippen LogP contribution in [0.4, 0.5) is 0 Å². The van der Waals surface area contributed by atoms with Gasteiger partial charge < -0.3 is 16.2 Å². The SMILES string of the molecule is C[C@@H](O)CNC(=O)C1CCCCC1N. The summed E-state index contributed by atoms with van der Waals surface area (Å²) in [6.45, 7) is 1.98. The number of nitrogens with two attached hydrogens (primary N) is 1. The summed E-state index contributed by atoms with van der Waals surface area (Å²) in [7, 11) is 0. The van der Waals surface area contributed by atoms with Crippen molar-refractivity contribution < 1.29 is 9.90 Å². The number of nitrogens with one attached hydrogen (secondary N) is 1. The number of rotatable bonds is 3. The molecule has 0 heterocycles. The highest BCUT2D eigenvalue weighted by atomic mass is 16.3. The minimum atomic E-state index is -0.487. The van der Waals surface area contributed by atoms with Gasteiger partial charge in [0, 0.05) is 12.6 Å². The van der Waals surface area contributed by atoms with Gasteiger partial charge in [0.1, 0.15) is 0 Å². The minimum Gasteiger partial charge on any atom is -0.392 e. The van der Waals surface area contributed by atoms with Gasteiger partial charge in [-0.3, -0.25) is 4.79 Å². The molecule has 4 N–H and O–H groups in total. The van der Waals surface area contributed by atoms with Gasteiger partial charge in [-0.2, -0.15) is 0 Å². The molecule has 1 rings (SSSR count). The molecule has 1 aliphatic rings. The number of aliphatic hydroxyl groups excluding tert-OH is 1. The highest BCUT2D eigenvalue weighted by Crippen LogP contribution is 2.22. The Morgan fingerprint density at radius 1 is 1.57 bits per heavy atom. The van der Waals surface area contributed by atoms with Crippen LogP contribution in [0.1, 0.15) is 32.6 Å². The van der Waals surface area contributed by atoms with E-state index in [0.717, 1.165) is 25.7 Å². The van der Waals surface area contributed by atoms with Crippen LogP contribution in [0.3, 0.4) is 0 Å². The number of hydrogen-bond donors (Lipinski definition) is 3. The molecule has 0 radical (unpaired) electrons. The van der Waals surface area contributed by atoms with E-state index in [1.54, 1.807) is 6.92 Å². The fourth-order valence-corrected chi connectivity index (χ4v) is 1.86. The predicted molar refractivity (Wildman–Crippen MR) is 54.6 cm³/mol. The van der Waals surface area contributed by atoms with E-state index in [1.165, 1.54) is 0 Å². The summed E-state index contributed by atoms with van der Waals surface area (Å²) in [6.07, 6.45) is 3.54. The molecule has 0 saturated heterocycles. The third kappa shape index (κ3) is 3.27. The van der Waals surface area contributed by atoms with Gasteiger partial charge in [0.15, 0.2) is 0 Å². The summed E-state index contributed by atoms with van der Waals surface area (Å²) in [5.41, 5.74) is 5.86. The second-order valence-electron chi connectivity index (χ2n) is 4.15.